The highest BCUT2D eigenvalue weighted by atomic mass is 16.6. The molecule has 1 atom stereocenters. The van der Waals surface area contributed by atoms with E-state index in [9.17, 15) is 9.59 Å². The van der Waals surface area contributed by atoms with Crippen molar-refractivity contribution in [1.82, 2.24) is 0 Å². The monoisotopic (exact) mass is 200 g/mol. The van der Waals surface area contributed by atoms with E-state index in [4.69, 9.17) is 9.47 Å². The van der Waals surface area contributed by atoms with Gasteiger partial charge in [0.1, 0.15) is 5.60 Å². The molecule has 1 aliphatic heterocycles. The summed E-state index contributed by atoms with van der Waals surface area (Å²) in [6.07, 6.45) is 0.739. The summed E-state index contributed by atoms with van der Waals surface area (Å²) in [4.78, 5) is 22.4. The van der Waals surface area contributed by atoms with E-state index in [1.165, 1.54) is 0 Å². The van der Waals surface area contributed by atoms with E-state index < -0.39 is 5.60 Å². The molecule has 0 aliphatic carbocycles. The molecule has 0 aromatic heterocycles. The van der Waals surface area contributed by atoms with E-state index in [1.807, 2.05) is 0 Å². The first-order chi connectivity index (χ1) is 6.43. The second kappa shape index (κ2) is 3.98. The van der Waals surface area contributed by atoms with Gasteiger partial charge in [-0.1, -0.05) is 13.8 Å². The number of hydrogen-bond donors (Lipinski definition) is 0. The smallest absolute Gasteiger partial charge is 0.309 e. The van der Waals surface area contributed by atoms with Crippen molar-refractivity contribution in [3.63, 3.8) is 0 Å². The summed E-state index contributed by atoms with van der Waals surface area (Å²) in [6, 6.07) is 0. The minimum Gasteiger partial charge on any atom is -0.465 e. The highest BCUT2D eigenvalue weighted by Gasteiger charge is 2.36. The van der Waals surface area contributed by atoms with Crippen molar-refractivity contribution < 1.29 is 19.1 Å². The molecule has 1 fully saturated rings. The van der Waals surface area contributed by atoms with Crippen LogP contribution in [0.4, 0.5) is 0 Å². The van der Waals surface area contributed by atoms with Crippen molar-refractivity contribution in [2.24, 2.45) is 5.92 Å². The molecule has 0 N–H and O–H groups in total. The first kappa shape index (κ1) is 11.0. The van der Waals surface area contributed by atoms with Crippen LogP contribution < -0.4 is 0 Å². The summed E-state index contributed by atoms with van der Waals surface area (Å²) in [5, 5.41) is 0. The fourth-order valence-electron chi connectivity index (χ4n) is 1.27. The number of carbonyl (C=O) groups excluding carboxylic acids is 2. The summed E-state index contributed by atoms with van der Waals surface area (Å²) >= 11 is 0. The number of ether oxygens (including phenoxy) is 2. The van der Waals surface area contributed by atoms with Crippen molar-refractivity contribution >= 4 is 11.9 Å². The van der Waals surface area contributed by atoms with Gasteiger partial charge < -0.3 is 9.47 Å². The highest BCUT2D eigenvalue weighted by molar-refractivity contribution is 5.75. The standard InChI is InChI=1S/C10H16O4/c1-7(2)9(12)14-10(3)4-5-13-8(11)6-10/h7H,4-6H2,1-3H3. The van der Waals surface area contributed by atoms with E-state index in [0.29, 0.717) is 13.0 Å². The molecule has 1 unspecified atom stereocenters. The second-order valence-electron chi connectivity index (χ2n) is 4.17. The van der Waals surface area contributed by atoms with E-state index >= 15 is 0 Å². The third kappa shape index (κ3) is 2.72. The zero-order chi connectivity index (χ0) is 10.8. The van der Waals surface area contributed by atoms with Gasteiger partial charge in [0.25, 0.3) is 0 Å². The Morgan fingerprint density at radius 3 is 2.71 bits per heavy atom. The molecule has 1 saturated heterocycles. The van der Waals surface area contributed by atoms with Gasteiger partial charge in [0.15, 0.2) is 0 Å². The molecule has 1 rings (SSSR count). The SMILES string of the molecule is CC(C)C(=O)OC1(C)CCOC(=O)C1. The Labute approximate surface area is 83.6 Å². The lowest BCUT2D eigenvalue weighted by Crippen LogP contribution is -2.41. The Morgan fingerprint density at radius 1 is 1.57 bits per heavy atom. The van der Waals surface area contributed by atoms with Crippen LogP contribution >= 0.6 is 0 Å². The third-order valence-corrected chi connectivity index (χ3v) is 2.23. The van der Waals surface area contributed by atoms with Gasteiger partial charge in [0.2, 0.25) is 0 Å². The molecule has 1 heterocycles. The average Bonchev–Trinajstić information content (AvgIpc) is 2.02. The fraction of sp³-hybridized carbons (Fsp3) is 0.800. The number of hydrogen-bond acceptors (Lipinski definition) is 4. The lowest BCUT2D eigenvalue weighted by Gasteiger charge is -2.32. The van der Waals surface area contributed by atoms with Crippen LogP contribution in [-0.4, -0.2) is 24.1 Å². The van der Waals surface area contributed by atoms with Crippen LogP contribution in [0, 0.1) is 5.92 Å². The van der Waals surface area contributed by atoms with Crippen LogP contribution in [0.5, 0.6) is 0 Å². The van der Waals surface area contributed by atoms with E-state index in [2.05, 4.69) is 0 Å². The summed E-state index contributed by atoms with van der Waals surface area (Å²) in [6.45, 7) is 5.65. The summed E-state index contributed by atoms with van der Waals surface area (Å²) in [5.74, 6) is -0.720. The molecule has 0 amide bonds. The zero-order valence-electron chi connectivity index (χ0n) is 8.83. The largest absolute Gasteiger partial charge is 0.465 e. The molecule has 14 heavy (non-hydrogen) atoms. The van der Waals surface area contributed by atoms with Crippen LogP contribution in [0.2, 0.25) is 0 Å². The Balaban J connectivity index is 2.56. The van der Waals surface area contributed by atoms with Crippen LogP contribution in [0.3, 0.4) is 0 Å². The molecular weight excluding hydrogens is 184 g/mol. The molecule has 0 aromatic rings. The molecule has 0 saturated carbocycles. The van der Waals surface area contributed by atoms with Gasteiger partial charge in [0.05, 0.1) is 18.9 Å². The first-order valence-corrected chi connectivity index (χ1v) is 4.81. The van der Waals surface area contributed by atoms with Crippen LogP contribution in [0.1, 0.15) is 33.6 Å². The molecule has 0 radical (unpaired) electrons. The van der Waals surface area contributed by atoms with Gasteiger partial charge in [0, 0.05) is 6.42 Å². The third-order valence-electron chi connectivity index (χ3n) is 2.23. The Morgan fingerprint density at radius 2 is 2.21 bits per heavy atom. The molecule has 80 valence electrons. The Hall–Kier alpha value is -1.06. The predicted molar refractivity (Wildman–Crippen MR) is 49.5 cm³/mol. The minimum atomic E-state index is -0.670. The normalized spacial score (nSPS) is 27.3. The van der Waals surface area contributed by atoms with Crippen molar-refractivity contribution in [1.29, 1.82) is 0 Å². The van der Waals surface area contributed by atoms with Crippen molar-refractivity contribution in [3.05, 3.63) is 0 Å². The predicted octanol–water partition coefficient (Wildman–Crippen LogP) is 1.28. The zero-order valence-corrected chi connectivity index (χ0v) is 8.83. The maximum Gasteiger partial charge on any atom is 0.309 e. The summed E-state index contributed by atoms with van der Waals surface area (Å²) in [7, 11) is 0. The molecule has 1 aliphatic rings. The molecule has 0 bridgehead atoms. The summed E-state index contributed by atoms with van der Waals surface area (Å²) < 4.78 is 10.1. The van der Waals surface area contributed by atoms with Crippen molar-refractivity contribution in [2.45, 2.75) is 39.2 Å². The molecule has 4 heteroatoms. The van der Waals surface area contributed by atoms with E-state index in [0.717, 1.165) is 0 Å². The molecule has 0 aromatic carbocycles. The second-order valence-corrected chi connectivity index (χ2v) is 4.17. The maximum atomic E-state index is 11.3. The first-order valence-electron chi connectivity index (χ1n) is 4.81. The van der Waals surface area contributed by atoms with Gasteiger partial charge in [-0.3, -0.25) is 9.59 Å². The van der Waals surface area contributed by atoms with Crippen molar-refractivity contribution in [3.8, 4) is 0 Å². The van der Waals surface area contributed by atoms with Gasteiger partial charge in [-0.15, -0.1) is 0 Å². The maximum absolute atomic E-state index is 11.3. The summed E-state index contributed by atoms with van der Waals surface area (Å²) in [5.41, 5.74) is -0.670. The van der Waals surface area contributed by atoms with Crippen molar-refractivity contribution in [2.75, 3.05) is 6.61 Å². The van der Waals surface area contributed by atoms with Gasteiger partial charge in [-0.05, 0) is 6.92 Å². The van der Waals surface area contributed by atoms with Crippen LogP contribution in [-0.2, 0) is 19.1 Å². The van der Waals surface area contributed by atoms with Gasteiger partial charge >= 0.3 is 11.9 Å². The fourth-order valence-corrected chi connectivity index (χ4v) is 1.27. The number of carbonyl (C=O) groups is 2. The molecule has 4 nitrogen and oxygen atoms in total. The van der Waals surface area contributed by atoms with Crippen LogP contribution in [0.15, 0.2) is 0 Å². The lowest BCUT2D eigenvalue weighted by atomic mass is 9.96. The number of esters is 2. The van der Waals surface area contributed by atoms with Gasteiger partial charge in [-0.2, -0.15) is 0 Å². The Bertz CT molecular complexity index is 247. The van der Waals surface area contributed by atoms with E-state index in [1.54, 1.807) is 20.8 Å². The quantitative estimate of drug-likeness (QED) is 0.630. The number of rotatable bonds is 2. The molecular formula is C10H16O4. The average molecular weight is 200 g/mol. The molecule has 0 spiro atoms. The van der Waals surface area contributed by atoms with Crippen LogP contribution in [0.25, 0.3) is 0 Å². The van der Waals surface area contributed by atoms with Gasteiger partial charge in [-0.25, -0.2) is 0 Å². The number of cyclic esters (lactones) is 1. The highest BCUT2D eigenvalue weighted by Crippen LogP contribution is 2.26. The minimum absolute atomic E-state index is 0.158. The van der Waals surface area contributed by atoms with E-state index in [-0.39, 0.29) is 24.3 Å². The Kier molecular flexibility index (Phi) is 3.13. The topological polar surface area (TPSA) is 52.6 Å². The lowest BCUT2D eigenvalue weighted by molar-refractivity contribution is -0.177.